The van der Waals surface area contributed by atoms with E-state index in [-0.39, 0.29) is 17.8 Å². The normalized spacial score (nSPS) is 16.7. The largest absolute Gasteiger partial charge is 0.376 e. The molecule has 1 amide bonds. The number of carbonyl (C=O) groups is 1. The third-order valence-electron chi connectivity index (χ3n) is 4.42. The molecule has 3 aromatic rings. The molecule has 4 rings (SSSR count). The number of halogens is 1. The number of rotatable bonds is 5. The van der Waals surface area contributed by atoms with Crippen LogP contribution in [0.4, 0.5) is 4.39 Å². The van der Waals surface area contributed by atoms with Crippen molar-refractivity contribution in [1.29, 1.82) is 0 Å². The van der Waals surface area contributed by atoms with Gasteiger partial charge in [0.05, 0.1) is 18.0 Å². The maximum atomic E-state index is 13.2. The summed E-state index contributed by atoms with van der Waals surface area (Å²) in [7, 11) is 0. The van der Waals surface area contributed by atoms with Crippen LogP contribution in [0, 0.1) is 5.82 Å². The molecule has 7 heteroatoms. The maximum absolute atomic E-state index is 13.2. The number of hydrogen-bond donors (Lipinski definition) is 1. The van der Waals surface area contributed by atoms with Gasteiger partial charge in [0, 0.05) is 25.5 Å². The summed E-state index contributed by atoms with van der Waals surface area (Å²) in [5, 5.41) is 7.28. The molecule has 0 spiro atoms. The van der Waals surface area contributed by atoms with Gasteiger partial charge in [-0.15, -0.1) is 0 Å². The fourth-order valence-corrected chi connectivity index (χ4v) is 3.10. The van der Waals surface area contributed by atoms with Crippen LogP contribution in [0.3, 0.4) is 0 Å². The first-order valence-corrected chi connectivity index (χ1v) is 8.59. The van der Waals surface area contributed by atoms with Crippen molar-refractivity contribution in [3.8, 4) is 11.5 Å². The Labute approximate surface area is 150 Å². The van der Waals surface area contributed by atoms with Crippen molar-refractivity contribution in [3.05, 3.63) is 66.4 Å². The summed E-state index contributed by atoms with van der Waals surface area (Å²) >= 11 is 0. The molecule has 0 bridgehead atoms. The van der Waals surface area contributed by atoms with E-state index in [0.29, 0.717) is 23.6 Å². The minimum Gasteiger partial charge on any atom is -0.376 e. The Kier molecular flexibility index (Phi) is 4.53. The molecule has 1 aromatic carbocycles. The minimum atomic E-state index is -0.321. The quantitative estimate of drug-likeness (QED) is 0.766. The van der Waals surface area contributed by atoms with E-state index in [0.717, 1.165) is 19.4 Å². The van der Waals surface area contributed by atoms with Crippen LogP contribution < -0.4 is 5.32 Å². The molecule has 134 valence electrons. The molecule has 1 aliphatic rings. The van der Waals surface area contributed by atoms with Crippen molar-refractivity contribution in [2.24, 2.45) is 0 Å². The Hall–Kier alpha value is -2.93. The number of nitrogens with one attached hydrogen (secondary N) is 1. The number of benzene rings is 1. The number of ether oxygens (including phenoxy) is 1. The predicted molar refractivity (Wildman–Crippen MR) is 94.2 cm³/mol. The van der Waals surface area contributed by atoms with Crippen LogP contribution in [0.1, 0.15) is 23.2 Å². The first-order valence-electron chi connectivity index (χ1n) is 8.59. The van der Waals surface area contributed by atoms with Crippen molar-refractivity contribution >= 4 is 5.91 Å². The summed E-state index contributed by atoms with van der Waals surface area (Å²) in [6, 6.07) is 9.74. The third-order valence-corrected chi connectivity index (χ3v) is 4.42. The van der Waals surface area contributed by atoms with Crippen molar-refractivity contribution in [3.63, 3.8) is 0 Å². The average molecular weight is 354 g/mol. The summed E-state index contributed by atoms with van der Waals surface area (Å²) in [6.45, 7) is 1.23. The van der Waals surface area contributed by atoms with E-state index >= 15 is 0 Å². The second-order valence-corrected chi connectivity index (χ2v) is 6.21. The standard InChI is InChI=1S/C19H19FN4O2/c20-14-5-7-15(8-6-14)24-19(23-9-1-2-10-23)17(13-22-24)18(25)21-12-16-4-3-11-26-16/h1-2,5-10,13,16H,3-4,11-12H2,(H,21,25). The number of nitrogens with zero attached hydrogens (tertiary/aromatic N) is 3. The molecule has 2 aromatic heterocycles. The second-order valence-electron chi connectivity index (χ2n) is 6.21. The zero-order valence-corrected chi connectivity index (χ0v) is 14.1. The predicted octanol–water partition coefficient (Wildman–Crippen LogP) is 2.71. The molecule has 1 atom stereocenters. The SMILES string of the molecule is O=C(NCC1CCCO1)c1cnn(-c2ccc(F)cc2)c1-n1cccc1. The van der Waals surface area contributed by atoms with Gasteiger partial charge in [0.2, 0.25) is 0 Å². The monoisotopic (exact) mass is 354 g/mol. The molecule has 0 saturated carbocycles. The van der Waals surface area contributed by atoms with Gasteiger partial charge in [0.25, 0.3) is 5.91 Å². The smallest absolute Gasteiger partial charge is 0.256 e. The second kappa shape index (κ2) is 7.13. The molecule has 1 fully saturated rings. The maximum Gasteiger partial charge on any atom is 0.256 e. The van der Waals surface area contributed by atoms with Gasteiger partial charge in [-0.25, -0.2) is 9.07 Å². The summed E-state index contributed by atoms with van der Waals surface area (Å²) in [6.07, 6.45) is 7.27. The molecule has 1 unspecified atom stereocenters. The highest BCUT2D eigenvalue weighted by molar-refractivity contribution is 5.97. The van der Waals surface area contributed by atoms with Crippen molar-refractivity contribution in [1.82, 2.24) is 19.7 Å². The van der Waals surface area contributed by atoms with Gasteiger partial charge >= 0.3 is 0 Å². The number of carbonyl (C=O) groups excluding carboxylic acids is 1. The van der Waals surface area contributed by atoms with Crippen LogP contribution in [-0.4, -0.2) is 39.5 Å². The highest BCUT2D eigenvalue weighted by Gasteiger charge is 2.22. The van der Waals surface area contributed by atoms with Gasteiger partial charge in [0.1, 0.15) is 11.4 Å². The van der Waals surface area contributed by atoms with E-state index in [1.165, 1.54) is 18.3 Å². The molecular weight excluding hydrogens is 335 g/mol. The Morgan fingerprint density at radius 3 is 2.73 bits per heavy atom. The third kappa shape index (κ3) is 3.25. The lowest BCUT2D eigenvalue weighted by molar-refractivity contribution is 0.0857. The van der Waals surface area contributed by atoms with Gasteiger partial charge in [-0.05, 0) is 49.2 Å². The Morgan fingerprint density at radius 2 is 2.04 bits per heavy atom. The minimum absolute atomic E-state index is 0.0705. The topological polar surface area (TPSA) is 61.1 Å². The fourth-order valence-electron chi connectivity index (χ4n) is 3.10. The van der Waals surface area contributed by atoms with E-state index in [9.17, 15) is 9.18 Å². The van der Waals surface area contributed by atoms with E-state index in [1.807, 2.05) is 29.1 Å². The molecule has 3 heterocycles. The van der Waals surface area contributed by atoms with E-state index in [1.54, 1.807) is 16.8 Å². The number of amides is 1. The lowest BCUT2D eigenvalue weighted by atomic mass is 10.2. The summed E-state index contributed by atoms with van der Waals surface area (Å²) in [4.78, 5) is 12.7. The van der Waals surface area contributed by atoms with Gasteiger partial charge in [0.15, 0.2) is 5.82 Å². The molecular formula is C19H19FN4O2. The van der Waals surface area contributed by atoms with E-state index in [2.05, 4.69) is 10.4 Å². The molecule has 1 aliphatic heterocycles. The van der Waals surface area contributed by atoms with Crippen LogP contribution in [0.2, 0.25) is 0 Å². The van der Waals surface area contributed by atoms with Crippen LogP contribution in [0.25, 0.3) is 11.5 Å². The van der Waals surface area contributed by atoms with Crippen LogP contribution in [0.5, 0.6) is 0 Å². The van der Waals surface area contributed by atoms with Gasteiger partial charge in [-0.2, -0.15) is 5.10 Å². The van der Waals surface area contributed by atoms with Crippen LogP contribution >= 0.6 is 0 Å². The molecule has 0 radical (unpaired) electrons. The highest BCUT2D eigenvalue weighted by atomic mass is 19.1. The lowest BCUT2D eigenvalue weighted by Crippen LogP contribution is -2.32. The fraction of sp³-hybridized carbons (Fsp3) is 0.263. The zero-order valence-electron chi connectivity index (χ0n) is 14.1. The van der Waals surface area contributed by atoms with Crippen molar-refractivity contribution in [2.75, 3.05) is 13.2 Å². The molecule has 0 aliphatic carbocycles. The van der Waals surface area contributed by atoms with Gasteiger partial charge < -0.3 is 14.6 Å². The highest BCUT2D eigenvalue weighted by Crippen LogP contribution is 2.20. The lowest BCUT2D eigenvalue weighted by Gasteiger charge is -2.13. The summed E-state index contributed by atoms with van der Waals surface area (Å²) in [5.74, 6) is 0.0713. The van der Waals surface area contributed by atoms with Crippen molar-refractivity contribution in [2.45, 2.75) is 18.9 Å². The first kappa shape index (κ1) is 16.5. The van der Waals surface area contributed by atoms with E-state index < -0.39 is 0 Å². The van der Waals surface area contributed by atoms with Crippen molar-refractivity contribution < 1.29 is 13.9 Å². The molecule has 26 heavy (non-hydrogen) atoms. The summed E-state index contributed by atoms with van der Waals surface area (Å²) < 4.78 is 22.2. The Balaban J connectivity index is 1.66. The van der Waals surface area contributed by atoms with Gasteiger partial charge in [-0.1, -0.05) is 0 Å². The van der Waals surface area contributed by atoms with Gasteiger partial charge in [-0.3, -0.25) is 4.79 Å². The summed E-state index contributed by atoms with van der Waals surface area (Å²) in [5.41, 5.74) is 1.12. The number of hydrogen-bond acceptors (Lipinski definition) is 3. The number of aromatic nitrogens is 3. The molecule has 1 N–H and O–H groups in total. The van der Waals surface area contributed by atoms with Crippen LogP contribution in [-0.2, 0) is 4.74 Å². The van der Waals surface area contributed by atoms with Crippen LogP contribution in [0.15, 0.2) is 55.0 Å². The molecule has 6 nitrogen and oxygen atoms in total. The average Bonchev–Trinajstić information content (AvgIpc) is 3.40. The van der Waals surface area contributed by atoms with E-state index in [4.69, 9.17) is 4.74 Å². The Bertz CT molecular complexity index is 881. The zero-order chi connectivity index (χ0) is 17.9. The molecule has 1 saturated heterocycles. The Morgan fingerprint density at radius 1 is 1.27 bits per heavy atom. The first-order chi connectivity index (χ1) is 12.7.